The molecule has 0 radical (unpaired) electrons. The van der Waals surface area contributed by atoms with E-state index in [1.807, 2.05) is 0 Å². The van der Waals surface area contributed by atoms with Crippen molar-refractivity contribution in [2.75, 3.05) is 5.73 Å². The molecule has 7 heteroatoms. The molecule has 1 aliphatic rings. The molecule has 0 bridgehead atoms. The van der Waals surface area contributed by atoms with Crippen molar-refractivity contribution in [2.24, 2.45) is 0 Å². The molecule has 1 saturated heterocycles. The van der Waals surface area contributed by atoms with Crippen LogP contribution in [0.1, 0.15) is 12.6 Å². The van der Waals surface area contributed by atoms with E-state index in [2.05, 4.69) is 4.98 Å². The summed E-state index contributed by atoms with van der Waals surface area (Å²) in [7, 11) is 0. The lowest BCUT2D eigenvalue weighted by atomic mass is 10.2. The van der Waals surface area contributed by atoms with Gasteiger partial charge in [-0.05, 0) is 6.07 Å². The largest absolute Gasteiger partial charge is 0.383 e. The fourth-order valence-corrected chi connectivity index (χ4v) is 1.53. The zero-order valence-corrected chi connectivity index (χ0v) is 8.21. The smallest absolute Gasteiger partial charge is 0.351 e. The van der Waals surface area contributed by atoms with Crippen LogP contribution in [0.2, 0.25) is 0 Å². The molecule has 0 spiro atoms. The zero-order chi connectivity index (χ0) is 11.7. The maximum absolute atomic E-state index is 12.5. The minimum atomic E-state index is -1.11. The first-order valence-electron chi connectivity index (χ1n) is 4.59. The van der Waals surface area contributed by atoms with Crippen LogP contribution in [-0.4, -0.2) is 20.9 Å². The van der Waals surface area contributed by atoms with Crippen LogP contribution in [0.15, 0.2) is 29.0 Å². The monoisotopic (exact) mass is 227 g/mol. The highest BCUT2D eigenvalue weighted by Crippen LogP contribution is 2.31. The number of rotatable bonds is 1. The number of aromatic nitrogens is 2. The zero-order valence-electron chi connectivity index (χ0n) is 8.21. The molecule has 6 nitrogen and oxygen atoms in total. The van der Waals surface area contributed by atoms with Gasteiger partial charge < -0.3 is 15.6 Å². The van der Waals surface area contributed by atoms with E-state index in [-0.39, 0.29) is 17.8 Å². The molecular formula is C9H10FN3O3. The third kappa shape index (κ3) is 1.82. The molecule has 2 heterocycles. The van der Waals surface area contributed by atoms with Gasteiger partial charge in [0.05, 0.1) is 6.33 Å². The van der Waals surface area contributed by atoms with Crippen molar-refractivity contribution >= 4 is 5.82 Å². The lowest BCUT2D eigenvalue weighted by molar-refractivity contribution is -0.110. The molecule has 1 fully saturated rings. The van der Waals surface area contributed by atoms with Crippen LogP contribution in [0, 0.1) is 0 Å². The third-order valence-corrected chi connectivity index (χ3v) is 2.26. The Balaban J connectivity index is 2.41. The van der Waals surface area contributed by atoms with E-state index in [0.29, 0.717) is 6.33 Å². The normalized spacial score (nSPS) is 27.5. The second-order valence-corrected chi connectivity index (χ2v) is 3.37. The van der Waals surface area contributed by atoms with Crippen LogP contribution in [0.3, 0.4) is 0 Å². The molecule has 86 valence electrons. The maximum atomic E-state index is 12.5. The van der Waals surface area contributed by atoms with Gasteiger partial charge in [-0.1, -0.05) is 0 Å². The number of nitrogen functional groups attached to an aromatic ring is 1. The summed E-state index contributed by atoms with van der Waals surface area (Å²) < 4.78 is 18.6. The first-order valence-corrected chi connectivity index (χ1v) is 4.59. The number of aliphatic hydroxyl groups is 1. The van der Waals surface area contributed by atoms with Crippen molar-refractivity contribution in [3.8, 4) is 0 Å². The van der Waals surface area contributed by atoms with Gasteiger partial charge in [-0.2, -0.15) is 4.98 Å². The van der Waals surface area contributed by atoms with Crippen LogP contribution in [0.4, 0.5) is 10.2 Å². The summed E-state index contributed by atoms with van der Waals surface area (Å²) in [6, 6.07) is 1.39. The van der Waals surface area contributed by atoms with Crippen molar-refractivity contribution in [1.29, 1.82) is 0 Å². The van der Waals surface area contributed by atoms with E-state index in [9.17, 15) is 14.3 Å². The Kier molecular flexibility index (Phi) is 2.71. The molecule has 2 atom stereocenters. The van der Waals surface area contributed by atoms with Crippen molar-refractivity contribution in [3.05, 3.63) is 34.7 Å². The van der Waals surface area contributed by atoms with Crippen LogP contribution in [0.25, 0.3) is 0 Å². The summed E-state index contributed by atoms with van der Waals surface area (Å²) >= 11 is 0. The molecule has 16 heavy (non-hydrogen) atoms. The van der Waals surface area contributed by atoms with Crippen LogP contribution in [-0.2, 0) is 4.74 Å². The summed E-state index contributed by atoms with van der Waals surface area (Å²) in [5.74, 6) is 0.0746. The van der Waals surface area contributed by atoms with Crippen LogP contribution in [0.5, 0.6) is 0 Å². The van der Waals surface area contributed by atoms with E-state index in [0.717, 1.165) is 4.57 Å². The second-order valence-electron chi connectivity index (χ2n) is 3.37. The van der Waals surface area contributed by atoms with Crippen LogP contribution >= 0.6 is 0 Å². The van der Waals surface area contributed by atoms with Crippen molar-refractivity contribution in [1.82, 2.24) is 9.55 Å². The molecule has 1 aromatic rings. The molecule has 0 amide bonds. The van der Waals surface area contributed by atoms with Gasteiger partial charge in [0, 0.05) is 18.2 Å². The average molecular weight is 227 g/mol. The van der Waals surface area contributed by atoms with Crippen LogP contribution < -0.4 is 11.4 Å². The molecule has 2 rings (SSSR count). The van der Waals surface area contributed by atoms with Gasteiger partial charge in [-0.15, -0.1) is 0 Å². The number of hydrogen-bond donors (Lipinski definition) is 2. The predicted molar refractivity (Wildman–Crippen MR) is 52.8 cm³/mol. The Labute approximate surface area is 89.8 Å². The van der Waals surface area contributed by atoms with Gasteiger partial charge in [0.1, 0.15) is 5.82 Å². The summed E-state index contributed by atoms with van der Waals surface area (Å²) in [5.41, 5.74) is 4.84. The van der Waals surface area contributed by atoms with E-state index < -0.39 is 18.2 Å². The summed E-state index contributed by atoms with van der Waals surface area (Å²) in [5, 5.41) is 9.22. The van der Waals surface area contributed by atoms with Gasteiger partial charge in [-0.3, -0.25) is 4.57 Å². The number of halogens is 1. The lowest BCUT2D eigenvalue weighted by Gasteiger charge is -2.13. The van der Waals surface area contributed by atoms with Gasteiger partial charge >= 0.3 is 5.69 Å². The number of nitrogens with zero attached hydrogens (tertiary/aromatic N) is 2. The molecule has 0 aromatic carbocycles. The van der Waals surface area contributed by atoms with E-state index >= 15 is 0 Å². The van der Waals surface area contributed by atoms with E-state index in [4.69, 9.17) is 10.5 Å². The standard InChI is InChI=1S/C9H10FN3O3/c10-4-5-3-7(14)16-8(5)13-2-1-6(11)12-9(13)15/h1-2,4,7-8,14H,3H2,(H2,11,12,15)/b5-4+/t7?,8-/m1/s1. The second kappa shape index (κ2) is 4.03. The quantitative estimate of drug-likeness (QED) is 0.700. The number of hydrogen-bond acceptors (Lipinski definition) is 5. The fraction of sp³-hybridized carbons (Fsp3) is 0.333. The molecule has 0 aliphatic carbocycles. The van der Waals surface area contributed by atoms with E-state index in [1.54, 1.807) is 0 Å². The molecule has 1 aromatic heterocycles. The maximum Gasteiger partial charge on any atom is 0.351 e. The summed E-state index contributed by atoms with van der Waals surface area (Å²) in [6.45, 7) is 0. The van der Waals surface area contributed by atoms with Crippen molar-refractivity contribution in [3.63, 3.8) is 0 Å². The van der Waals surface area contributed by atoms with Gasteiger partial charge in [0.25, 0.3) is 0 Å². The van der Waals surface area contributed by atoms with Crippen molar-refractivity contribution < 1.29 is 14.2 Å². The Hall–Kier alpha value is -1.73. The predicted octanol–water partition coefficient (Wildman–Crippen LogP) is -0.0838. The average Bonchev–Trinajstić information content (AvgIpc) is 2.59. The highest BCUT2D eigenvalue weighted by molar-refractivity contribution is 5.24. The summed E-state index contributed by atoms with van der Waals surface area (Å²) in [6.07, 6.45) is -0.379. The Morgan fingerprint density at radius 3 is 3.12 bits per heavy atom. The minimum Gasteiger partial charge on any atom is -0.383 e. The highest BCUT2D eigenvalue weighted by atomic mass is 19.1. The first-order chi connectivity index (χ1) is 7.61. The molecule has 3 N–H and O–H groups in total. The highest BCUT2D eigenvalue weighted by Gasteiger charge is 2.31. The number of nitrogens with two attached hydrogens (primary N) is 1. The Morgan fingerprint density at radius 2 is 2.50 bits per heavy atom. The topological polar surface area (TPSA) is 90.4 Å². The minimum absolute atomic E-state index is 0.0258. The lowest BCUT2D eigenvalue weighted by Crippen LogP contribution is -2.28. The van der Waals surface area contributed by atoms with E-state index in [1.165, 1.54) is 12.3 Å². The van der Waals surface area contributed by atoms with Gasteiger partial charge in [0.15, 0.2) is 12.5 Å². The molecule has 1 aliphatic heterocycles. The number of ether oxygens (including phenoxy) is 1. The first kappa shape index (κ1) is 10.8. The fourth-order valence-electron chi connectivity index (χ4n) is 1.53. The van der Waals surface area contributed by atoms with Crippen molar-refractivity contribution in [2.45, 2.75) is 18.9 Å². The third-order valence-electron chi connectivity index (χ3n) is 2.26. The molecule has 1 unspecified atom stereocenters. The van der Waals surface area contributed by atoms with Gasteiger partial charge in [0.2, 0.25) is 0 Å². The number of anilines is 1. The van der Waals surface area contributed by atoms with Gasteiger partial charge in [-0.25, -0.2) is 9.18 Å². The molecular weight excluding hydrogens is 217 g/mol. The number of aliphatic hydroxyl groups excluding tert-OH is 1. The molecule has 0 saturated carbocycles. The SMILES string of the molecule is Nc1ccn([C@@H]2OC(O)C/C2=C\F)c(=O)n1. The summed E-state index contributed by atoms with van der Waals surface area (Å²) in [4.78, 5) is 14.9. The Bertz CT molecular complexity index is 485. The Morgan fingerprint density at radius 1 is 1.75 bits per heavy atom.